The second-order valence-electron chi connectivity index (χ2n) is 8.42. The molecule has 2 aromatic carbocycles. The van der Waals surface area contributed by atoms with Crippen molar-refractivity contribution in [2.75, 3.05) is 20.3 Å². The third-order valence-electron chi connectivity index (χ3n) is 5.93. The molecule has 0 aliphatic carbocycles. The average Bonchev–Trinajstić information content (AvgIpc) is 3.52. The molecule has 0 radical (unpaired) electrons. The summed E-state index contributed by atoms with van der Waals surface area (Å²) in [6.07, 6.45) is 15.3. The minimum absolute atomic E-state index is 0.456. The van der Waals surface area contributed by atoms with Gasteiger partial charge in [-0.25, -0.2) is 0 Å². The highest BCUT2D eigenvalue weighted by molar-refractivity contribution is 5.96. The number of hydrogen-bond donors (Lipinski definition) is 1. The number of aliphatic imine (C=N–C) groups is 1. The van der Waals surface area contributed by atoms with Crippen LogP contribution in [-0.4, -0.2) is 40.7 Å². The van der Waals surface area contributed by atoms with E-state index in [0.29, 0.717) is 6.61 Å². The monoisotopic (exact) mass is 464 g/mol. The number of nitrogens with zero attached hydrogens (tertiary/aromatic N) is 3. The highest BCUT2D eigenvalue weighted by Gasteiger charge is 2.06. The Labute approximate surface area is 204 Å². The van der Waals surface area contributed by atoms with Gasteiger partial charge in [0.1, 0.15) is 18.1 Å². The topological polar surface area (TPSA) is 64.4 Å². The number of aromatic nitrogens is 3. The van der Waals surface area contributed by atoms with Crippen LogP contribution in [0, 0.1) is 0 Å². The second kappa shape index (κ2) is 10.3. The number of ether oxygens (including phenoxy) is 2. The number of dihydropyridines is 1. The number of rotatable bonds is 8. The molecule has 0 bridgehead atoms. The lowest BCUT2D eigenvalue weighted by molar-refractivity contribution is 0.368. The van der Waals surface area contributed by atoms with Crippen LogP contribution in [0.1, 0.15) is 28.9 Å². The molecule has 2 aromatic heterocycles. The van der Waals surface area contributed by atoms with E-state index in [0.717, 1.165) is 52.7 Å². The molecule has 1 aliphatic rings. The summed E-state index contributed by atoms with van der Waals surface area (Å²) in [6, 6.07) is 16.4. The van der Waals surface area contributed by atoms with Crippen molar-refractivity contribution in [1.29, 1.82) is 0 Å². The van der Waals surface area contributed by atoms with E-state index >= 15 is 0 Å². The molecule has 0 unspecified atom stereocenters. The molecule has 6 nitrogen and oxygen atoms in total. The molecule has 5 rings (SSSR count). The number of hydrogen-bond acceptors (Lipinski definition) is 4. The predicted molar refractivity (Wildman–Crippen MR) is 144 cm³/mol. The Morgan fingerprint density at radius 3 is 2.83 bits per heavy atom. The number of aromatic amines is 1. The number of methoxy groups -OCH3 is 1. The molecule has 0 saturated heterocycles. The lowest BCUT2D eigenvalue weighted by atomic mass is 10.1. The van der Waals surface area contributed by atoms with Crippen molar-refractivity contribution in [2.24, 2.45) is 12.0 Å². The predicted octanol–water partition coefficient (Wildman–Crippen LogP) is 6.03. The van der Waals surface area contributed by atoms with Crippen LogP contribution in [0.15, 0.2) is 71.9 Å². The van der Waals surface area contributed by atoms with E-state index in [1.807, 2.05) is 48.6 Å². The van der Waals surface area contributed by atoms with E-state index in [4.69, 9.17) is 9.47 Å². The van der Waals surface area contributed by atoms with Gasteiger partial charge in [-0.05, 0) is 72.0 Å². The van der Waals surface area contributed by atoms with Gasteiger partial charge in [-0.15, -0.1) is 0 Å². The van der Waals surface area contributed by atoms with Crippen molar-refractivity contribution in [2.45, 2.75) is 6.42 Å². The van der Waals surface area contributed by atoms with Crippen LogP contribution in [-0.2, 0) is 7.05 Å². The molecule has 3 heterocycles. The molecule has 0 amide bonds. The third kappa shape index (κ3) is 5.44. The summed E-state index contributed by atoms with van der Waals surface area (Å²) in [5, 5.41) is 8.72. The van der Waals surface area contributed by atoms with Crippen molar-refractivity contribution < 1.29 is 9.47 Å². The third-order valence-corrected chi connectivity index (χ3v) is 5.93. The minimum Gasteiger partial charge on any atom is -0.496 e. The number of nitrogens with one attached hydrogen (secondary N) is 1. The van der Waals surface area contributed by atoms with Crippen LogP contribution < -0.4 is 9.47 Å². The summed E-state index contributed by atoms with van der Waals surface area (Å²) >= 11 is 0. The highest BCUT2D eigenvalue weighted by Crippen LogP contribution is 2.27. The van der Waals surface area contributed by atoms with Crippen molar-refractivity contribution in [3.8, 4) is 11.5 Å². The fraction of sp³-hybridized carbons (Fsp3) is 0.172. The first kappa shape index (κ1) is 22.5. The molecule has 176 valence electrons. The summed E-state index contributed by atoms with van der Waals surface area (Å²) in [6.45, 7) is 1.29. The molecular weight excluding hydrogens is 436 g/mol. The van der Waals surface area contributed by atoms with Gasteiger partial charge in [0.15, 0.2) is 0 Å². The smallest absolute Gasteiger partial charge is 0.130 e. The van der Waals surface area contributed by atoms with E-state index in [1.54, 1.807) is 7.11 Å². The Bertz CT molecular complexity index is 1450. The summed E-state index contributed by atoms with van der Waals surface area (Å²) in [4.78, 5) is 4.46. The van der Waals surface area contributed by atoms with E-state index in [2.05, 4.69) is 69.4 Å². The Balaban J connectivity index is 1.24. The fourth-order valence-corrected chi connectivity index (χ4v) is 3.99. The molecule has 4 aromatic rings. The fourth-order valence-electron chi connectivity index (χ4n) is 3.99. The highest BCUT2D eigenvalue weighted by atomic mass is 16.5. The molecule has 0 spiro atoms. The number of benzene rings is 2. The first-order valence-corrected chi connectivity index (χ1v) is 11.7. The molecular formula is C29H28N4O2. The van der Waals surface area contributed by atoms with Gasteiger partial charge in [-0.2, -0.15) is 5.10 Å². The number of fused-ring (bicyclic) bond motifs is 1. The van der Waals surface area contributed by atoms with Crippen molar-refractivity contribution in [1.82, 2.24) is 14.8 Å². The Kier molecular flexibility index (Phi) is 6.61. The molecule has 35 heavy (non-hydrogen) atoms. The van der Waals surface area contributed by atoms with Crippen molar-refractivity contribution in [3.05, 3.63) is 89.4 Å². The first-order valence-electron chi connectivity index (χ1n) is 11.7. The van der Waals surface area contributed by atoms with E-state index in [1.165, 1.54) is 10.9 Å². The van der Waals surface area contributed by atoms with Crippen LogP contribution >= 0.6 is 0 Å². The zero-order chi connectivity index (χ0) is 24.0. The second-order valence-corrected chi connectivity index (χ2v) is 8.42. The Morgan fingerprint density at radius 1 is 1.03 bits per heavy atom. The SMILES string of the molecule is COc1cc(OCC2=NCCC=C2)ccc1/C=C/c1cc(/C=C/c2ccc3ccn(C)c3c2)[nH]n1. The van der Waals surface area contributed by atoms with Gasteiger partial charge in [0.05, 0.1) is 24.2 Å². The molecule has 0 atom stereocenters. The van der Waals surface area contributed by atoms with Crippen molar-refractivity contribution >= 4 is 40.9 Å². The van der Waals surface area contributed by atoms with Crippen LogP contribution in [0.4, 0.5) is 0 Å². The largest absolute Gasteiger partial charge is 0.496 e. The zero-order valence-corrected chi connectivity index (χ0v) is 19.9. The normalized spacial score (nSPS) is 13.7. The summed E-state index contributed by atoms with van der Waals surface area (Å²) in [5.74, 6) is 1.49. The number of H-pyrrole nitrogens is 1. The van der Waals surface area contributed by atoms with Crippen LogP contribution in [0.2, 0.25) is 0 Å². The summed E-state index contributed by atoms with van der Waals surface area (Å²) in [5.41, 5.74) is 6.04. The molecule has 0 fully saturated rings. The number of aryl methyl sites for hydroxylation is 1. The summed E-state index contributed by atoms with van der Waals surface area (Å²) < 4.78 is 13.6. The molecule has 1 N–H and O–H groups in total. The maximum atomic E-state index is 5.89. The standard InChI is InChI=1S/C29H28N4O2/c1-33-16-14-22-8-6-21(17-28(22)33)7-11-24-18-25(32-31-24)12-9-23-10-13-27(19-29(23)34-2)35-20-26-5-3-4-15-30-26/h3,5-14,16-19H,4,15,20H2,1-2H3,(H,31,32)/b11-7+,12-9+. The van der Waals surface area contributed by atoms with Crippen molar-refractivity contribution in [3.63, 3.8) is 0 Å². The van der Waals surface area contributed by atoms with E-state index in [-0.39, 0.29) is 0 Å². The summed E-state index contributed by atoms with van der Waals surface area (Å²) in [7, 11) is 3.72. The van der Waals surface area contributed by atoms with Crippen LogP contribution in [0.3, 0.4) is 0 Å². The molecule has 1 aliphatic heterocycles. The van der Waals surface area contributed by atoms with Gasteiger partial charge in [0.2, 0.25) is 0 Å². The van der Waals surface area contributed by atoms with E-state index < -0.39 is 0 Å². The van der Waals surface area contributed by atoms with Gasteiger partial charge in [0.25, 0.3) is 0 Å². The minimum atomic E-state index is 0.456. The Hall–Kier alpha value is -4.32. The van der Waals surface area contributed by atoms with Gasteiger partial charge in [-0.3, -0.25) is 10.1 Å². The van der Waals surface area contributed by atoms with Crippen LogP contribution in [0.25, 0.3) is 35.2 Å². The average molecular weight is 465 g/mol. The van der Waals surface area contributed by atoms with Gasteiger partial charge in [0, 0.05) is 36.9 Å². The lowest BCUT2D eigenvalue weighted by Gasteiger charge is -2.11. The quantitative estimate of drug-likeness (QED) is 0.346. The maximum absolute atomic E-state index is 5.89. The first-order chi connectivity index (χ1) is 17.2. The lowest BCUT2D eigenvalue weighted by Crippen LogP contribution is -2.11. The van der Waals surface area contributed by atoms with Gasteiger partial charge in [-0.1, -0.05) is 24.3 Å². The van der Waals surface area contributed by atoms with Gasteiger partial charge >= 0.3 is 0 Å². The zero-order valence-electron chi connectivity index (χ0n) is 19.9. The molecule has 0 saturated carbocycles. The Morgan fingerprint density at radius 2 is 1.97 bits per heavy atom. The van der Waals surface area contributed by atoms with Gasteiger partial charge < -0.3 is 14.0 Å². The van der Waals surface area contributed by atoms with Crippen LogP contribution in [0.5, 0.6) is 11.5 Å². The maximum Gasteiger partial charge on any atom is 0.130 e. The molecule has 6 heteroatoms. The van der Waals surface area contributed by atoms with E-state index in [9.17, 15) is 0 Å².